The van der Waals surface area contributed by atoms with E-state index in [2.05, 4.69) is 4.90 Å². The lowest BCUT2D eigenvalue weighted by Gasteiger charge is -2.39. The van der Waals surface area contributed by atoms with Gasteiger partial charge in [-0.2, -0.15) is 0 Å². The van der Waals surface area contributed by atoms with Crippen LogP contribution in [0.3, 0.4) is 0 Å². The number of carbonyl (C=O) groups is 2. The van der Waals surface area contributed by atoms with Crippen LogP contribution in [0.2, 0.25) is 0 Å². The zero-order valence-corrected chi connectivity index (χ0v) is 13.2. The van der Waals surface area contributed by atoms with Crippen LogP contribution in [0.1, 0.15) is 46.5 Å². The highest BCUT2D eigenvalue weighted by Crippen LogP contribution is 2.26. The molecule has 2 saturated heterocycles. The fourth-order valence-corrected chi connectivity index (χ4v) is 3.21. The summed E-state index contributed by atoms with van der Waals surface area (Å²) in [5.74, 6) is -0.748. The van der Waals surface area contributed by atoms with Gasteiger partial charge in [0.1, 0.15) is 11.6 Å². The number of aliphatic carboxylic acids is 1. The Morgan fingerprint density at radius 1 is 1.14 bits per heavy atom. The normalized spacial score (nSPS) is 27.7. The van der Waals surface area contributed by atoms with Gasteiger partial charge in [-0.15, -0.1) is 0 Å². The molecule has 0 spiro atoms. The van der Waals surface area contributed by atoms with Crippen molar-refractivity contribution in [1.29, 1.82) is 0 Å². The molecule has 0 aromatic rings. The van der Waals surface area contributed by atoms with Gasteiger partial charge in [0, 0.05) is 19.1 Å². The molecule has 120 valence electrons. The van der Waals surface area contributed by atoms with Gasteiger partial charge in [-0.3, -0.25) is 9.69 Å². The number of rotatable bonds is 2. The third kappa shape index (κ3) is 4.09. The summed E-state index contributed by atoms with van der Waals surface area (Å²) in [6, 6.07) is -0.261. The smallest absolute Gasteiger partial charge is 0.410 e. The van der Waals surface area contributed by atoms with E-state index >= 15 is 0 Å². The first-order chi connectivity index (χ1) is 9.78. The van der Waals surface area contributed by atoms with Crippen molar-refractivity contribution in [2.24, 2.45) is 0 Å². The predicted molar refractivity (Wildman–Crippen MR) is 78.2 cm³/mol. The second-order valence-electron chi connectivity index (χ2n) is 6.96. The first-order valence-electron chi connectivity index (χ1n) is 7.74. The second-order valence-corrected chi connectivity index (χ2v) is 6.96. The minimum atomic E-state index is -0.748. The second kappa shape index (κ2) is 6.22. The Hall–Kier alpha value is -1.30. The molecule has 2 aliphatic heterocycles. The van der Waals surface area contributed by atoms with Gasteiger partial charge in [0.25, 0.3) is 0 Å². The zero-order valence-electron chi connectivity index (χ0n) is 13.2. The third-order valence-corrected chi connectivity index (χ3v) is 4.10. The van der Waals surface area contributed by atoms with Gasteiger partial charge >= 0.3 is 12.1 Å². The summed E-state index contributed by atoms with van der Waals surface area (Å²) in [6.07, 6.45) is 3.17. The average molecular weight is 298 g/mol. The molecule has 2 fully saturated rings. The molecule has 0 bridgehead atoms. The molecule has 2 rings (SSSR count). The molecule has 21 heavy (non-hydrogen) atoms. The van der Waals surface area contributed by atoms with Crippen molar-refractivity contribution < 1.29 is 19.4 Å². The van der Waals surface area contributed by atoms with Crippen LogP contribution in [0.15, 0.2) is 0 Å². The van der Waals surface area contributed by atoms with Crippen molar-refractivity contribution in [3.8, 4) is 0 Å². The lowest BCUT2D eigenvalue weighted by Crippen LogP contribution is -2.53. The summed E-state index contributed by atoms with van der Waals surface area (Å²) in [4.78, 5) is 27.2. The molecule has 2 aliphatic rings. The van der Waals surface area contributed by atoms with E-state index in [9.17, 15) is 14.7 Å². The molecule has 0 aromatic carbocycles. The standard InChI is InChI=1S/C15H26N2O4/c1-15(2,3)21-14(20)16-8-4-6-11(10-16)17-9-5-7-12(17)13(18)19/h11-12H,4-10H2,1-3H3,(H,18,19)/t11-,12-/m1/s1. The molecule has 0 aromatic heterocycles. The molecule has 6 nitrogen and oxygen atoms in total. The number of carbonyl (C=O) groups excluding carboxylic acids is 1. The number of nitrogens with zero attached hydrogens (tertiary/aromatic N) is 2. The number of hydrogen-bond donors (Lipinski definition) is 1. The van der Waals surface area contributed by atoms with Crippen molar-refractivity contribution in [3.63, 3.8) is 0 Å². The Morgan fingerprint density at radius 2 is 1.81 bits per heavy atom. The summed E-state index contributed by atoms with van der Waals surface area (Å²) in [5, 5.41) is 9.30. The lowest BCUT2D eigenvalue weighted by atomic mass is 10.0. The Labute approximate surface area is 126 Å². The molecule has 2 atom stereocenters. The molecular formula is C15H26N2O4. The monoisotopic (exact) mass is 298 g/mol. The first kappa shape index (κ1) is 16.1. The van der Waals surface area contributed by atoms with E-state index in [1.165, 1.54) is 0 Å². The number of hydrogen-bond acceptors (Lipinski definition) is 4. The molecule has 0 saturated carbocycles. The van der Waals surface area contributed by atoms with Crippen LogP contribution in [0.4, 0.5) is 4.79 Å². The van der Waals surface area contributed by atoms with E-state index < -0.39 is 17.6 Å². The van der Waals surface area contributed by atoms with Gasteiger partial charge < -0.3 is 14.7 Å². The highest BCUT2D eigenvalue weighted by molar-refractivity contribution is 5.74. The predicted octanol–water partition coefficient (Wildman–Crippen LogP) is 1.93. The average Bonchev–Trinajstić information content (AvgIpc) is 2.86. The summed E-state index contributed by atoms with van der Waals surface area (Å²) in [6.45, 7) is 7.63. The molecule has 2 heterocycles. The maximum Gasteiger partial charge on any atom is 0.410 e. The largest absolute Gasteiger partial charge is 0.480 e. The Bertz CT molecular complexity index is 405. The van der Waals surface area contributed by atoms with Crippen molar-refractivity contribution in [2.75, 3.05) is 19.6 Å². The zero-order chi connectivity index (χ0) is 15.6. The van der Waals surface area contributed by atoms with Gasteiger partial charge in [-0.05, 0) is 53.0 Å². The molecular weight excluding hydrogens is 272 g/mol. The van der Waals surface area contributed by atoms with E-state index in [-0.39, 0.29) is 12.1 Å². The minimum Gasteiger partial charge on any atom is -0.480 e. The summed E-state index contributed by atoms with van der Waals surface area (Å²) >= 11 is 0. The van der Waals surface area contributed by atoms with Crippen molar-refractivity contribution in [3.05, 3.63) is 0 Å². The van der Waals surface area contributed by atoms with Crippen LogP contribution in [0, 0.1) is 0 Å². The summed E-state index contributed by atoms with van der Waals surface area (Å²) in [7, 11) is 0. The SMILES string of the molecule is CC(C)(C)OC(=O)N1CCC[C@@H](N2CCC[C@@H]2C(=O)O)C1. The van der Waals surface area contributed by atoms with E-state index in [4.69, 9.17) is 4.74 Å². The minimum absolute atomic E-state index is 0.134. The number of piperidine rings is 1. The van der Waals surface area contributed by atoms with Crippen LogP contribution in [0.25, 0.3) is 0 Å². The van der Waals surface area contributed by atoms with Crippen LogP contribution >= 0.6 is 0 Å². The van der Waals surface area contributed by atoms with Crippen molar-refractivity contribution in [1.82, 2.24) is 9.80 Å². The van der Waals surface area contributed by atoms with Gasteiger partial charge in [0.05, 0.1) is 0 Å². The topological polar surface area (TPSA) is 70.1 Å². The summed E-state index contributed by atoms with van der Waals surface area (Å²) in [5.41, 5.74) is -0.499. The van der Waals surface area contributed by atoms with Gasteiger partial charge in [-0.25, -0.2) is 4.79 Å². The van der Waals surface area contributed by atoms with Crippen LogP contribution in [0.5, 0.6) is 0 Å². The number of carboxylic acid groups (broad SMARTS) is 1. The molecule has 0 unspecified atom stereocenters. The van der Waals surface area contributed by atoms with Gasteiger partial charge in [0.2, 0.25) is 0 Å². The third-order valence-electron chi connectivity index (χ3n) is 4.10. The first-order valence-corrected chi connectivity index (χ1v) is 7.74. The lowest BCUT2D eigenvalue weighted by molar-refractivity contribution is -0.143. The molecule has 0 radical (unpaired) electrons. The Balaban J connectivity index is 1.97. The Morgan fingerprint density at radius 3 is 2.43 bits per heavy atom. The van der Waals surface area contributed by atoms with E-state index in [1.807, 2.05) is 20.8 Å². The maximum absolute atomic E-state index is 12.2. The molecule has 1 N–H and O–H groups in total. The number of amides is 1. The Kier molecular flexibility index (Phi) is 4.76. The van der Waals surface area contributed by atoms with Crippen molar-refractivity contribution >= 4 is 12.1 Å². The van der Waals surface area contributed by atoms with E-state index in [0.717, 1.165) is 25.8 Å². The van der Waals surface area contributed by atoms with Gasteiger partial charge in [-0.1, -0.05) is 0 Å². The molecule has 6 heteroatoms. The van der Waals surface area contributed by atoms with Gasteiger partial charge in [0.15, 0.2) is 0 Å². The number of ether oxygens (including phenoxy) is 1. The highest BCUT2D eigenvalue weighted by Gasteiger charge is 2.38. The fourth-order valence-electron chi connectivity index (χ4n) is 3.21. The molecule has 0 aliphatic carbocycles. The van der Waals surface area contributed by atoms with E-state index in [1.54, 1.807) is 4.90 Å². The van der Waals surface area contributed by atoms with Crippen LogP contribution in [-0.2, 0) is 9.53 Å². The maximum atomic E-state index is 12.2. The van der Waals surface area contributed by atoms with Crippen molar-refractivity contribution in [2.45, 2.75) is 64.1 Å². The van der Waals surface area contributed by atoms with Crippen LogP contribution < -0.4 is 0 Å². The highest BCUT2D eigenvalue weighted by atomic mass is 16.6. The van der Waals surface area contributed by atoms with Crippen LogP contribution in [-0.4, -0.2) is 64.3 Å². The number of likely N-dealkylation sites (tertiary alicyclic amines) is 2. The summed E-state index contributed by atoms with van der Waals surface area (Å²) < 4.78 is 5.41. The number of carboxylic acids is 1. The quantitative estimate of drug-likeness (QED) is 0.843. The fraction of sp³-hybridized carbons (Fsp3) is 0.867. The van der Waals surface area contributed by atoms with E-state index in [0.29, 0.717) is 19.5 Å². The molecule has 1 amide bonds.